The lowest BCUT2D eigenvalue weighted by Crippen LogP contribution is -2.40. The minimum atomic E-state index is -0.174. The third-order valence-corrected chi connectivity index (χ3v) is 3.66. The standard InChI is InChI=1S/C15H21N3O2/c1-12(2)14-4-3-13(11-16)15(19)18(14)6-5-17-7-9-20-10-8-17/h3-4,12H,5-10H2,1-2H3. The fourth-order valence-corrected chi connectivity index (χ4v) is 2.48. The maximum atomic E-state index is 12.3. The molecule has 0 aliphatic carbocycles. The van der Waals surface area contributed by atoms with Gasteiger partial charge in [0, 0.05) is 31.9 Å². The summed E-state index contributed by atoms with van der Waals surface area (Å²) in [6.45, 7) is 8.89. The lowest BCUT2D eigenvalue weighted by atomic mass is 10.1. The molecular formula is C15H21N3O2. The molecule has 0 atom stereocenters. The van der Waals surface area contributed by atoms with E-state index in [2.05, 4.69) is 18.7 Å². The summed E-state index contributed by atoms with van der Waals surface area (Å²) in [7, 11) is 0. The summed E-state index contributed by atoms with van der Waals surface area (Å²) in [4.78, 5) is 14.6. The lowest BCUT2D eigenvalue weighted by Gasteiger charge is -2.27. The van der Waals surface area contributed by atoms with Crippen molar-refractivity contribution in [1.29, 1.82) is 5.26 Å². The molecule has 0 saturated carbocycles. The highest BCUT2D eigenvalue weighted by molar-refractivity contribution is 5.28. The van der Waals surface area contributed by atoms with Crippen LogP contribution in [0.25, 0.3) is 0 Å². The van der Waals surface area contributed by atoms with Gasteiger partial charge in [-0.3, -0.25) is 9.69 Å². The Bertz CT molecular complexity index is 551. The Hall–Kier alpha value is -1.64. The van der Waals surface area contributed by atoms with Crippen LogP contribution < -0.4 is 5.56 Å². The predicted octanol–water partition coefficient (Wildman–Crippen LogP) is 1.18. The number of pyridine rings is 1. The number of hydrogen-bond donors (Lipinski definition) is 0. The van der Waals surface area contributed by atoms with Crippen LogP contribution in [0.5, 0.6) is 0 Å². The van der Waals surface area contributed by atoms with Gasteiger partial charge >= 0.3 is 0 Å². The maximum Gasteiger partial charge on any atom is 0.268 e. The minimum absolute atomic E-state index is 0.174. The highest BCUT2D eigenvalue weighted by Crippen LogP contribution is 2.13. The van der Waals surface area contributed by atoms with Crippen molar-refractivity contribution in [2.45, 2.75) is 26.3 Å². The largest absolute Gasteiger partial charge is 0.379 e. The quantitative estimate of drug-likeness (QED) is 0.828. The summed E-state index contributed by atoms with van der Waals surface area (Å²) in [6.07, 6.45) is 0. The van der Waals surface area contributed by atoms with Gasteiger partial charge in [-0.1, -0.05) is 13.8 Å². The van der Waals surface area contributed by atoms with Gasteiger partial charge in [-0.25, -0.2) is 0 Å². The molecule has 5 heteroatoms. The molecule has 108 valence electrons. The molecule has 0 N–H and O–H groups in total. The molecule has 0 unspecified atom stereocenters. The van der Waals surface area contributed by atoms with E-state index in [0.717, 1.165) is 38.5 Å². The van der Waals surface area contributed by atoms with Crippen molar-refractivity contribution in [1.82, 2.24) is 9.47 Å². The van der Waals surface area contributed by atoms with Crippen LogP contribution in [0.1, 0.15) is 31.0 Å². The highest BCUT2D eigenvalue weighted by atomic mass is 16.5. The van der Waals surface area contributed by atoms with E-state index in [9.17, 15) is 4.79 Å². The molecule has 0 bridgehead atoms. The van der Waals surface area contributed by atoms with Crippen LogP contribution in [0.4, 0.5) is 0 Å². The third kappa shape index (κ3) is 3.27. The summed E-state index contributed by atoms with van der Waals surface area (Å²) in [5, 5.41) is 9.00. The Balaban J connectivity index is 2.20. The molecule has 2 rings (SSSR count). The van der Waals surface area contributed by atoms with Crippen LogP contribution in [-0.4, -0.2) is 42.3 Å². The molecule has 20 heavy (non-hydrogen) atoms. The topological polar surface area (TPSA) is 58.3 Å². The first kappa shape index (κ1) is 14.8. The Morgan fingerprint density at radius 1 is 1.30 bits per heavy atom. The molecule has 1 fully saturated rings. The van der Waals surface area contributed by atoms with Crippen molar-refractivity contribution in [2.75, 3.05) is 32.8 Å². The van der Waals surface area contributed by atoms with E-state index in [0.29, 0.717) is 6.54 Å². The van der Waals surface area contributed by atoms with Gasteiger partial charge in [0.25, 0.3) is 5.56 Å². The maximum absolute atomic E-state index is 12.3. The van der Waals surface area contributed by atoms with Crippen LogP contribution in [0, 0.1) is 11.3 Å². The fraction of sp³-hybridized carbons (Fsp3) is 0.600. The third-order valence-electron chi connectivity index (χ3n) is 3.66. The number of rotatable bonds is 4. The molecule has 1 aliphatic heterocycles. The molecule has 1 aliphatic rings. The van der Waals surface area contributed by atoms with E-state index < -0.39 is 0 Å². The molecule has 1 aromatic rings. The average Bonchev–Trinajstić information content (AvgIpc) is 2.46. The van der Waals surface area contributed by atoms with Crippen molar-refractivity contribution in [3.05, 3.63) is 33.7 Å². The molecule has 5 nitrogen and oxygen atoms in total. The normalized spacial score (nSPS) is 16.3. The van der Waals surface area contributed by atoms with Gasteiger partial charge in [0.15, 0.2) is 0 Å². The van der Waals surface area contributed by atoms with E-state index in [4.69, 9.17) is 10.00 Å². The summed E-state index contributed by atoms with van der Waals surface area (Å²) in [5.74, 6) is 0.264. The second-order valence-electron chi connectivity index (χ2n) is 5.35. The van der Waals surface area contributed by atoms with Gasteiger partial charge in [0.05, 0.1) is 13.2 Å². The molecule has 0 amide bonds. The van der Waals surface area contributed by atoms with Gasteiger partial charge in [-0.15, -0.1) is 0 Å². The van der Waals surface area contributed by atoms with E-state index >= 15 is 0 Å². The SMILES string of the molecule is CC(C)c1ccc(C#N)c(=O)n1CCN1CCOCC1. The van der Waals surface area contributed by atoms with Crippen LogP contribution in [0.3, 0.4) is 0 Å². The summed E-state index contributed by atoms with van der Waals surface area (Å²) in [6, 6.07) is 5.49. The number of hydrogen-bond acceptors (Lipinski definition) is 4. The first-order valence-electron chi connectivity index (χ1n) is 7.07. The number of nitriles is 1. The molecule has 1 aromatic heterocycles. The summed E-state index contributed by atoms with van der Waals surface area (Å²) < 4.78 is 7.07. The Morgan fingerprint density at radius 2 is 2.00 bits per heavy atom. The van der Waals surface area contributed by atoms with Gasteiger partial charge in [-0.2, -0.15) is 5.26 Å². The van der Waals surface area contributed by atoms with Crippen LogP contribution in [-0.2, 0) is 11.3 Å². The summed E-state index contributed by atoms with van der Waals surface area (Å²) in [5.41, 5.74) is 1.03. The Morgan fingerprint density at radius 3 is 2.60 bits per heavy atom. The molecule has 0 spiro atoms. The smallest absolute Gasteiger partial charge is 0.268 e. The molecule has 0 radical (unpaired) electrons. The molecular weight excluding hydrogens is 254 g/mol. The zero-order valence-electron chi connectivity index (χ0n) is 12.1. The van der Waals surface area contributed by atoms with Crippen LogP contribution in [0.2, 0.25) is 0 Å². The van der Waals surface area contributed by atoms with E-state index in [1.807, 2.05) is 12.1 Å². The monoisotopic (exact) mass is 275 g/mol. The van der Waals surface area contributed by atoms with Gasteiger partial charge in [-0.05, 0) is 18.1 Å². The first-order valence-corrected chi connectivity index (χ1v) is 7.07. The number of aromatic nitrogens is 1. The van der Waals surface area contributed by atoms with Crippen molar-refractivity contribution in [2.24, 2.45) is 0 Å². The van der Waals surface area contributed by atoms with E-state index in [1.54, 1.807) is 10.6 Å². The predicted molar refractivity (Wildman–Crippen MR) is 76.8 cm³/mol. The van der Waals surface area contributed by atoms with Gasteiger partial charge < -0.3 is 9.30 Å². The van der Waals surface area contributed by atoms with Gasteiger partial charge in [0.2, 0.25) is 0 Å². The van der Waals surface area contributed by atoms with Crippen LogP contribution in [0.15, 0.2) is 16.9 Å². The van der Waals surface area contributed by atoms with E-state index in [-0.39, 0.29) is 17.0 Å². The number of morpholine rings is 1. The first-order chi connectivity index (χ1) is 9.63. The van der Waals surface area contributed by atoms with Crippen LogP contribution >= 0.6 is 0 Å². The zero-order chi connectivity index (χ0) is 14.5. The molecule has 0 aromatic carbocycles. The van der Waals surface area contributed by atoms with Crippen molar-refractivity contribution in [3.8, 4) is 6.07 Å². The Labute approximate surface area is 119 Å². The second-order valence-corrected chi connectivity index (χ2v) is 5.35. The van der Waals surface area contributed by atoms with Crippen molar-refractivity contribution in [3.63, 3.8) is 0 Å². The highest BCUT2D eigenvalue weighted by Gasteiger charge is 2.14. The molecule has 2 heterocycles. The lowest BCUT2D eigenvalue weighted by molar-refractivity contribution is 0.0361. The van der Waals surface area contributed by atoms with Crippen molar-refractivity contribution < 1.29 is 4.74 Å². The Kier molecular flexibility index (Phi) is 4.94. The minimum Gasteiger partial charge on any atom is -0.379 e. The zero-order valence-corrected chi connectivity index (χ0v) is 12.1. The number of nitrogens with zero attached hydrogens (tertiary/aromatic N) is 3. The molecule has 1 saturated heterocycles. The average molecular weight is 275 g/mol. The van der Waals surface area contributed by atoms with Crippen molar-refractivity contribution >= 4 is 0 Å². The number of ether oxygens (including phenoxy) is 1. The summed E-state index contributed by atoms with van der Waals surface area (Å²) >= 11 is 0. The van der Waals surface area contributed by atoms with E-state index in [1.165, 1.54) is 0 Å². The second kappa shape index (κ2) is 6.69. The van der Waals surface area contributed by atoms with Gasteiger partial charge in [0.1, 0.15) is 11.6 Å². The fourth-order valence-electron chi connectivity index (χ4n) is 2.48.